The molecule has 0 aliphatic carbocycles. The summed E-state index contributed by atoms with van der Waals surface area (Å²) in [6, 6.07) is 0. The van der Waals surface area contributed by atoms with Crippen molar-refractivity contribution >= 4 is 7.99 Å². The number of ether oxygens (including phenoxy) is 1. The fourth-order valence-electron chi connectivity index (χ4n) is 0.524. The molecular weight excluding hydrogens is 189 g/mol. The highest BCUT2D eigenvalue weighted by atomic mass is 31.2. The van der Waals surface area contributed by atoms with Gasteiger partial charge in [-0.2, -0.15) is 0 Å². The molecule has 0 aromatic carbocycles. The van der Waals surface area contributed by atoms with Crippen LogP contribution in [0.15, 0.2) is 0 Å². The van der Waals surface area contributed by atoms with Gasteiger partial charge in [0.05, 0.1) is 12.7 Å². The summed E-state index contributed by atoms with van der Waals surface area (Å²) < 4.78 is 41.7. The molecule has 70 valence electrons. The third-order valence-electron chi connectivity index (χ3n) is 0.841. The summed E-state index contributed by atoms with van der Waals surface area (Å²) in [5, 5.41) is 0. The quantitative estimate of drug-likeness (QED) is 0.385. The molecule has 0 N–H and O–H groups in total. The minimum absolute atomic E-state index is 0.0244. The third-order valence-corrected chi connectivity index (χ3v) is 1.45. The van der Waals surface area contributed by atoms with Crippen LogP contribution in [-0.4, -0.2) is 19.3 Å². The van der Waals surface area contributed by atoms with Gasteiger partial charge in [0.2, 0.25) is 0 Å². The molecule has 1 atom stereocenters. The molecule has 0 rings (SSSR count). The van der Waals surface area contributed by atoms with Crippen LogP contribution in [0.4, 0.5) is 8.39 Å². The smallest absolute Gasteiger partial charge is 0.366 e. The number of terminal acetylenes is 1. The fraction of sp³-hybridized carbons (Fsp3) is 0.667. The van der Waals surface area contributed by atoms with E-state index in [1.54, 1.807) is 0 Å². The van der Waals surface area contributed by atoms with Crippen LogP contribution < -0.4 is 0 Å². The second-order valence-electron chi connectivity index (χ2n) is 2.05. The molecule has 0 saturated heterocycles. The average molecular weight is 198 g/mol. The molecule has 0 bridgehead atoms. The van der Waals surface area contributed by atoms with Crippen LogP contribution in [0.3, 0.4) is 0 Å². The topological polar surface area (TPSA) is 35.5 Å². The van der Waals surface area contributed by atoms with E-state index in [1.165, 1.54) is 6.92 Å². The molecule has 6 heteroatoms. The Kier molecular flexibility index (Phi) is 5.07. The maximum absolute atomic E-state index is 11.7. The van der Waals surface area contributed by atoms with Crippen molar-refractivity contribution < 1.29 is 22.2 Å². The van der Waals surface area contributed by atoms with Crippen molar-refractivity contribution in [1.29, 1.82) is 0 Å². The SMILES string of the molecule is C#CCOCC(C)OP(=O)(F)F. The lowest BCUT2D eigenvalue weighted by atomic mass is 10.4. The number of hydrogen-bond donors (Lipinski definition) is 0. The Balaban J connectivity index is 3.55. The molecule has 0 aliphatic rings. The molecular formula is C6H9F2O3P. The second-order valence-corrected chi connectivity index (χ2v) is 3.09. The van der Waals surface area contributed by atoms with E-state index in [2.05, 4.69) is 15.2 Å². The first-order valence-electron chi connectivity index (χ1n) is 3.14. The van der Waals surface area contributed by atoms with Crippen molar-refractivity contribution in [2.24, 2.45) is 0 Å². The maximum Gasteiger partial charge on any atom is 0.552 e. The van der Waals surface area contributed by atoms with Crippen molar-refractivity contribution in [2.45, 2.75) is 13.0 Å². The molecule has 0 fully saturated rings. The lowest BCUT2D eigenvalue weighted by molar-refractivity contribution is 0.0672. The number of halogens is 2. The van der Waals surface area contributed by atoms with Crippen LogP contribution in [-0.2, 0) is 13.8 Å². The van der Waals surface area contributed by atoms with Gasteiger partial charge in [-0.15, -0.1) is 14.8 Å². The van der Waals surface area contributed by atoms with Crippen LogP contribution in [0.2, 0.25) is 0 Å². The Hall–Kier alpha value is -0.430. The van der Waals surface area contributed by atoms with E-state index < -0.39 is 14.1 Å². The Labute approximate surface area is 69.7 Å². The number of rotatable bonds is 5. The zero-order valence-electron chi connectivity index (χ0n) is 6.50. The normalized spacial score (nSPS) is 13.8. The maximum atomic E-state index is 11.7. The zero-order chi connectivity index (χ0) is 9.61. The lowest BCUT2D eigenvalue weighted by Gasteiger charge is -2.09. The van der Waals surface area contributed by atoms with Gasteiger partial charge in [0.25, 0.3) is 0 Å². The van der Waals surface area contributed by atoms with Gasteiger partial charge < -0.3 is 4.74 Å². The van der Waals surface area contributed by atoms with E-state index in [-0.39, 0.29) is 13.2 Å². The zero-order valence-corrected chi connectivity index (χ0v) is 7.39. The monoisotopic (exact) mass is 198 g/mol. The van der Waals surface area contributed by atoms with Gasteiger partial charge in [0.15, 0.2) is 0 Å². The van der Waals surface area contributed by atoms with Crippen LogP contribution in [0.1, 0.15) is 6.92 Å². The van der Waals surface area contributed by atoms with Crippen molar-refractivity contribution in [3.8, 4) is 12.3 Å². The van der Waals surface area contributed by atoms with Crippen molar-refractivity contribution in [3.05, 3.63) is 0 Å². The van der Waals surface area contributed by atoms with E-state index in [0.717, 1.165) is 0 Å². The summed E-state index contributed by atoms with van der Waals surface area (Å²) in [6.45, 7) is 1.25. The van der Waals surface area contributed by atoms with Crippen molar-refractivity contribution in [3.63, 3.8) is 0 Å². The predicted molar refractivity (Wildman–Crippen MR) is 40.0 cm³/mol. The highest BCUT2D eigenvalue weighted by Crippen LogP contribution is 2.51. The lowest BCUT2D eigenvalue weighted by Crippen LogP contribution is -2.13. The standard InChI is InChI=1S/C6H9F2O3P/c1-3-4-10-5-6(2)11-12(7,8)9/h1,6H,4-5H2,2H3. The highest BCUT2D eigenvalue weighted by Gasteiger charge is 2.24. The van der Waals surface area contributed by atoms with E-state index >= 15 is 0 Å². The van der Waals surface area contributed by atoms with Crippen molar-refractivity contribution in [2.75, 3.05) is 13.2 Å². The average Bonchev–Trinajstić information content (AvgIpc) is 1.84. The minimum atomic E-state index is -5.40. The molecule has 0 spiro atoms. The van der Waals surface area contributed by atoms with Crippen LogP contribution in [0.25, 0.3) is 0 Å². The summed E-state index contributed by atoms with van der Waals surface area (Å²) in [4.78, 5) is 0. The van der Waals surface area contributed by atoms with Crippen LogP contribution in [0.5, 0.6) is 0 Å². The summed E-state index contributed by atoms with van der Waals surface area (Å²) in [7, 11) is -5.40. The van der Waals surface area contributed by atoms with Gasteiger partial charge in [0.1, 0.15) is 6.61 Å². The molecule has 3 nitrogen and oxygen atoms in total. The summed E-state index contributed by atoms with van der Waals surface area (Å²) in [6.07, 6.45) is 3.91. The first-order chi connectivity index (χ1) is 5.45. The van der Waals surface area contributed by atoms with E-state index in [9.17, 15) is 13.0 Å². The van der Waals surface area contributed by atoms with E-state index in [4.69, 9.17) is 6.42 Å². The molecule has 0 amide bonds. The Morgan fingerprint density at radius 2 is 2.25 bits per heavy atom. The molecule has 12 heavy (non-hydrogen) atoms. The number of hydrogen-bond acceptors (Lipinski definition) is 3. The van der Waals surface area contributed by atoms with E-state index in [1.807, 2.05) is 0 Å². The molecule has 0 saturated carbocycles. The molecule has 0 aliphatic heterocycles. The van der Waals surface area contributed by atoms with Gasteiger partial charge in [-0.05, 0) is 6.92 Å². The Morgan fingerprint density at radius 3 is 2.67 bits per heavy atom. The summed E-state index contributed by atoms with van der Waals surface area (Å²) in [5.41, 5.74) is 0. The van der Waals surface area contributed by atoms with Gasteiger partial charge in [-0.1, -0.05) is 5.92 Å². The Bertz CT molecular complexity index is 207. The van der Waals surface area contributed by atoms with Crippen LogP contribution in [0, 0.1) is 12.3 Å². The highest BCUT2D eigenvalue weighted by molar-refractivity contribution is 7.47. The molecule has 0 aromatic heterocycles. The van der Waals surface area contributed by atoms with Gasteiger partial charge in [-0.3, -0.25) is 4.52 Å². The second kappa shape index (κ2) is 5.26. The first-order valence-corrected chi connectivity index (χ1v) is 4.55. The molecule has 0 heterocycles. The van der Waals surface area contributed by atoms with E-state index in [0.29, 0.717) is 0 Å². The Morgan fingerprint density at radius 1 is 1.67 bits per heavy atom. The van der Waals surface area contributed by atoms with Crippen LogP contribution >= 0.6 is 7.99 Å². The molecule has 0 aromatic rings. The van der Waals surface area contributed by atoms with Gasteiger partial charge >= 0.3 is 7.99 Å². The summed E-state index contributed by atoms with van der Waals surface area (Å²) >= 11 is 0. The molecule has 0 radical (unpaired) electrons. The largest absolute Gasteiger partial charge is 0.552 e. The molecule has 1 unspecified atom stereocenters. The van der Waals surface area contributed by atoms with Gasteiger partial charge in [-0.25, -0.2) is 4.57 Å². The third kappa shape index (κ3) is 7.67. The summed E-state index contributed by atoms with van der Waals surface area (Å²) in [5.74, 6) is 2.15. The predicted octanol–water partition coefficient (Wildman–Crippen LogP) is 2.09. The van der Waals surface area contributed by atoms with Crippen molar-refractivity contribution in [1.82, 2.24) is 0 Å². The fourth-order valence-corrected chi connectivity index (χ4v) is 1.00. The van der Waals surface area contributed by atoms with Gasteiger partial charge in [0, 0.05) is 0 Å². The first kappa shape index (κ1) is 11.6. The minimum Gasteiger partial charge on any atom is -0.366 e.